The fourth-order valence-electron chi connectivity index (χ4n) is 2.26. The highest BCUT2D eigenvalue weighted by Crippen LogP contribution is 2.54. The Hall–Kier alpha value is -1.20. The first-order chi connectivity index (χ1) is 9.34. The second-order valence-electron chi connectivity index (χ2n) is 4.84. The third-order valence-electron chi connectivity index (χ3n) is 3.46. The number of alkyl halides is 2. The van der Waals surface area contributed by atoms with Gasteiger partial charge in [-0.05, 0) is 43.4 Å². The van der Waals surface area contributed by atoms with Crippen LogP contribution in [0, 0.1) is 5.92 Å². The van der Waals surface area contributed by atoms with Crippen molar-refractivity contribution in [2.45, 2.75) is 31.3 Å². The monoisotopic (exact) mass is 304 g/mol. The van der Waals surface area contributed by atoms with Crippen LogP contribution in [-0.4, -0.2) is 23.6 Å². The number of carbonyl (C=O) groups excluding carboxylic acids is 1. The molecule has 0 amide bonds. The number of ether oxygens (including phenoxy) is 1. The van der Waals surface area contributed by atoms with E-state index < -0.39 is 23.4 Å². The second-order valence-corrected chi connectivity index (χ2v) is 5.28. The first-order valence-electron chi connectivity index (χ1n) is 6.37. The number of aliphatic hydroxyl groups is 1. The summed E-state index contributed by atoms with van der Waals surface area (Å²) in [4.78, 5) is 11.5. The fourth-order valence-corrected chi connectivity index (χ4v) is 2.38. The molecule has 6 heteroatoms. The molecule has 1 fully saturated rings. The predicted octanol–water partition coefficient (Wildman–Crippen LogP) is 3.14. The van der Waals surface area contributed by atoms with Crippen molar-refractivity contribution in [2.24, 2.45) is 5.92 Å². The summed E-state index contributed by atoms with van der Waals surface area (Å²) in [5.74, 6) is -6.37. The fraction of sp³-hybridized carbons (Fsp3) is 0.500. The third kappa shape index (κ3) is 2.40. The lowest BCUT2D eigenvalue weighted by molar-refractivity contribution is -0.223. The summed E-state index contributed by atoms with van der Waals surface area (Å²) in [5, 5.41) is 10.9. The summed E-state index contributed by atoms with van der Waals surface area (Å²) in [7, 11) is 0. The highest BCUT2D eigenvalue weighted by atomic mass is 35.5. The molecule has 1 aliphatic carbocycles. The molecule has 1 unspecified atom stereocenters. The van der Waals surface area contributed by atoms with Gasteiger partial charge in [-0.15, -0.1) is 0 Å². The van der Waals surface area contributed by atoms with Crippen molar-refractivity contribution in [1.29, 1.82) is 0 Å². The lowest BCUT2D eigenvalue weighted by Gasteiger charge is -2.34. The van der Waals surface area contributed by atoms with E-state index >= 15 is 0 Å². The number of hydrogen-bond donors (Lipinski definition) is 1. The largest absolute Gasteiger partial charge is 0.461 e. The molecule has 1 atom stereocenters. The maximum atomic E-state index is 14.4. The van der Waals surface area contributed by atoms with Gasteiger partial charge in [-0.3, -0.25) is 0 Å². The van der Waals surface area contributed by atoms with Crippen LogP contribution in [-0.2, 0) is 15.1 Å². The van der Waals surface area contributed by atoms with E-state index in [9.17, 15) is 18.7 Å². The van der Waals surface area contributed by atoms with Crippen LogP contribution >= 0.6 is 11.6 Å². The molecule has 20 heavy (non-hydrogen) atoms. The zero-order valence-corrected chi connectivity index (χ0v) is 11.7. The van der Waals surface area contributed by atoms with Gasteiger partial charge in [-0.2, -0.15) is 8.78 Å². The van der Waals surface area contributed by atoms with Crippen LogP contribution in [0.2, 0.25) is 5.02 Å². The van der Waals surface area contributed by atoms with Crippen LogP contribution in [0.25, 0.3) is 0 Å². The Morgan fingerprint density at radius 2 is 1.95 bits per heavy atom. The Morgan fingerprint density at radius 3 is 2.40 bits per heavy atom. The van der Waals surface area contributed by atoms with Gasteiger partial charge in [-0.1, -0.05) is 23.7 Å². The Labute approximate surface area is 120 Å². The predicted molar refractivity (Wildman–Crippen MR) is 69.7 cm³/mol. The van der Waals surface area contributed by atoms with Gasteiger partial charge in [0.25, 0.3) is 0 Å². The molecule has 2 rings (SSSR count). The molecule has 0 aliphatic heterocycles. The SMILES string of the molecule is CCOC(=O)C(F)(F)C(O)(c1ccc(Cl)cc1)C1CC1. The van der Waals surface area contributed by atoms with Crippen LogP contribution in [0.15, 0.2) is 24.3 Å². The number of rotatable bonds is 5. The lowest BCUT2D eigenvalue weighted by Crippen LogP contribution is -2.53. The summed E-state index contributed by atoms with van der Waals surface area (Å²) in [6.45, 7) is 1.27. The number of halogens is 3. The molecule has 0 bridgehead atoms. The zero-order chi connectivity index (χ0) is 15.0. The Morgan fingerprint density at radius 1 is 1.40 bits per heavy atom. The third-order valence-corrected chi connectivity index (χ3v) is 3.71. The maximum absolute atomic E-state index is 14.4. The van der Waals surface area contributed by atoms with Crippen molar-refractivity contribution in [2.75, 3.05) is 6.61 Å². The molecular formula is C14H15ClF2O3. The van der Waals surface area contributed by atoms with E-state index in [1.807, 2.05) is 0 Å². The highest BCUT2D eigenvalue weighted by Gasteiger charge is 2.66. The molecule has 0 saturated heterocycles. The van der Waals surface area contributed by atoms with Crippen molar-refractivity contribution in [3.8, 4) is 0 Å². The minimum atomic E-state index is -4.00. The zero-order valence-electron chi connectivity index (χ0n) is 10.9. The average molecular weight is 305 g/mol. The van der Waals surface area contributed by atoms with Gasteiger partial charge in [0, 0.05) is 5.02 Å². The van der Waals surface area contributed by atoms with Gasteiger partial charge in [0.05, 0.1) is 6.61 Å². The Bertz CT molecular complexity index is 500. The minimum Gasteiger partial charge on any atom is -0.461 e. The van der Waals surface area contributed by atoms with Gasteiger partial charge in [0.15, 0.2) is 5.60 Å². The van der Waals surface area contributed by atoms with E-state index in [1.165, 1.54) is 31.2 Å². The van der Waals surface area contributed by atoms with Gasteiger partial charge in [-0.25, -0.2) is 4.79 Å². The average Bonchev–Trinajstić information content (AvgIpc) is 3.23. The standard InChI is InChI=1S/C14H15ClF2O3/c1-2-20-12(18)14(16,17)13(19,9-3-4-9)10-5-7-11(15)8-6-10/h5-9,19H,2-4H2,1H3. The quantitative estimate of drug-likeness (QED) is 0.850. The molecule has 110 valence electrons. The normalized spacial score (nSPS) is 18.4. The summed E-state index contributed by atoms with van der Waals surface area (Å²) in [5.41, 5.74) is -2.58. The summed E-state index contributed by atoms with van der Waals surface area (Å²) >= 11 is 5.72. The van der Waals surface area contributed by atoms with Crippen molar-refractivity contribution >= 4 is 17.6 Å². The van der Waals surface area contributed by atoms with Crippen molar-refractivity contribution in [3.63, 3.8) is 0 Å². The molecule has 1 aliphatic rings. The molecule has 1 saturated carbocycles. The molecule has 1 aromatic carbocycles. The Balaban J connectivity index is 2.43. The van der Waals surface area contributed by atoms with Crippen molar-refractivity contribution in [1.82, 2.24) is 0 Å². The van der Waals surface area contributed by atoms with Gasteiger partial charge in [0.1, 0.15) is 0 Å². The molecule has 0 radical (unpaired) electrons. The summed E-state index contributed by atoms with van der Waals surface area (Å²) < 4.78 is 33.1. The number of benzene rings is 1. The van der Waals surface area contributed by atoms with Crippen LogP contribution < -0.4 is 0 Å². The minimum absolute atomic E-state index is 0.0255. The topological polar surface area (TPSA) is 46.5 Å². The van der Waals surface area contributed by atoms with Crippen LogP contribution in [0.5, 0.6) is 0 Å². The van der Waals surface area contributed by atoms with E-state index in [0.717, 1.165) is 0 Å². The highest BCUT2D eigenvalue weighted by molar-refractivity contribution is 6.30. The van der Waals surface area contributed by atoms with E-state index in [1.54, 1.807) is 0 Å². The van der Waals surface area contributed by atoms with Crippen molar-refractivity contribution < 1.29 is 23.4 Å². The van der Waals surface area contributed by atoms with Crippen molar-refractivity contribution in [3.05, 3.63) is 34.9 Å². The molecule has 0 spiro atoms. The summed E-state index contributed by atoms with van der Waals surface area (Å²) in [6.07, 6.45) is 0.877. The van der Waals surface area contributed by atoms with Crippen LogP contribution in [0.3, 0.4) is 0 Å². The smallest absolute Gasteiger partial charge is 0.380 e. The second kappa shape index (κ2) is 5.30. The van der Waals surface area contributed by atoms with E-state index in [-0.39, 0.29) is 12.2 Å². The molecule has 1 N–H and O–H groups in total. The Kier molecular flexibility index (Phi) is 4.02. The van der Waals surface area contributed by atoms with E-state index in [0.29, 0.717) is 17.9 Å². The number of carbonyl (C=O) groups is 1. The summed E-state index contributed by atoms with van der Waals surface area (Å²) in [6, 6.07) is 5.44. The van der Waals surface area contributed by atoms with Gasteiger partial charge in [0.2, 0.25) is 0 Å². The molecule has 0 aromatic heterocycles. The van der Waals surface area contributed by atoms with Crippen LogP contribution in [0.1, 0.15) is 25.3 Å². The van der Waals surface area contributed by atoms with E-state index in [2.05, 4.69) is 4.74 Å². The molecule has 1 aromatic rings. The van der Waals surface area contributed by atoms with Gasteiger partial charge < -0.3 is 9.84 Å². The maximum Gasteiger partial charge on any atom is 0.380 e. The van der Waals surface area contributed by atoms with Gasteiger partial charge >= 0.3 is 11.9 Å². The number of hydrogen-bond acceptors (Lipinski definition) is 3. The lowest BCUT2D eigenvalue weighted by atomic mass is 9.82. The first kappa shape index (κ1) is 15.2. The number of esters is 1. The van der Waals surface area contributed by atoms with Crippen LogP contribution in [0.4, 0.5) is 8.78 Å². The first-order valence-corrected chi connectivity index (χ1v) is 6.75. The molecular weight excluding hydrogens is 290 g/mol. The molecule has 3 nitrogen and oxygen atoms in total. The van der Waals surface area contributed by atoms with E-state index in [4.69, 9.17) is 11.6 Å². The molecule has 0 heterocycles.